The maximum atomic E-state index is 6.47. The van der Waals surface area contributed by atoms with Gasteiger partial charge in [0.25, 0.3) is 0 Å². The van der Waals surface area contributed by atoms with Crippen LogP contribution in [0.15, 0.2) is 109 Å². The van der Waals surface area contributed by atoms with Crippen molar-refractivity contribution < 1.29 is 4.74 Å². The Morgan fingerprint density at radius 2 is 1.10 bits per heavy atom. The zero-order valence-corrected chi connectivity index (χ0v) is 30.3. The standard InChI is InChI=1S/C43H50N4O/c1-30-40(43(9,10)32-16-12-11-13-17-32)31(2)47(44-30)36-19-15-21-39(28-36)48-38-20-14-18-35(27-38)45-22-23-46(29-45)37-25-33(41(3,4)5)24-34(26-37)42(6,7)8/h11-28H,29H2,1-10H3. The fourth-order valence-electron chi connectivity index (χ4n) is 6.74. The van der Waals surface area contributed by atoms with Gasteiger partial charge in [-0.05, 0) is 77.8 Å². The Balaban J connectivity index is 1.21. The molecule has 5 aromatic rings. The molecule has 2 heterocycles. The Kier molecular flexibility index (Phi) is 8.53. The van der Waals surface area contributed by atoms with Crippen molar-refractivity contribution in [3.63, 3.8) is 0 Å². The molecule has 5 heteroatoms. The number of anilines is 2. The van der Waals surface area contributed by atoms with Gasteiger partial charge in [0.05, 0.1) is 18.1 Å². The van der Waals surface area contributed by atoms with Gasteiger partial charge in [-0.2, -0.15) is 5.10 Å². The first-order chi connectivity index (χ1) is 22.6. The summed E-state index contributed by atoms with van der Waals surface area (Å²) in [6.07, 6.45) is 4.32. The second-order valence-corrected chi connectivity index (χ2v) is 15.7. The van der Waals surface area contributed by atoms with E-state index < -0.39 is 0 Å². The van der Waals surface area contributed by atoms with Crippen LogP contribution in [0, 0.1) is 13.8 Å². The minimum atomic E-state index is -0.175. The maximum absolute atomic E-state index is 6.47. The minimum Gasteiger partial charge on any atom is -0.457 e. The Morgan fingerprint density at radius 1 is 0.562 bits per heavy atom. The molecule has 0 aliphatic carbocycles. The van der Waals surface area contributed by atoms with Crippen LogP contribution in [0.25, 0.3) is 5.69 Å². The van der Waals surface area contributed by atoms with E-state index in [1.165, 1.54) is 27.9 Å². The Morgan fingerprint density at radius 3 is 1.69 bits per heavy atom. The first-order valence-electron chi connectivity index (χ1n) is 17.0. The van der Waals surface area contributed by atoms with Crippen LogP contribution in [-0.2, 0) is 16.2 Å². The molecular formula is C43H50N4O. The van der Waals surface area contributed by atoms with Gasteiger partial charge in [-0.25, -0.2) is 4.68 Å². The van der Waals surface area contributed by atoms with Crippen molar-refractivity contribution in [2.75, 3.05) is 16.5 Å². The van der Waals surface area contributed by atoms with Gasteiger partial charge in [-0.1, -0.05) is 104 Å². The number of rotatable bonds is 7. The van der Waals surface area contributed by atoms with Gasteiger partial charge >= 0.3 is 0 Å². The molecule has 0 atom stereocenters. The summed E-state index contributed by atoms with van der Waals surface area (Å²) < 4.78 is 8.51. The minimum absolute atomic E-state index is 0.0675. The lowest BCUT2D eigenvalue weighted by Crippen LogP contribution is -2.26. The molecule has 48 heavy (non-hydrogen) atoms. The van der Waals surface area contributed by atoms with Gasteiger partial charge in [0.2, 0.25) is 0 Å². The summed E-state index contributed by atoms with van der Waals surface area (Å²) >= 11 is 0. The number of benzene rings is 4. The Hall–Kier alpha value is -4.77. The summed E-state index contributed by atoms with van der Waals surface area (Å²) in [5.74, 6) is 1.56. The van der Waals surface area contributed by atoms with Crippen LogP contribution in [-0.4, -0.2) is 16.4 Å². The average molecular weight is 639 g/mol. The fourth-order valence-corrected chi connectivity index (χ4v) is 6.74. The zero-order chi connectivity index (χ0) is 34.4. The third-order valence-electron chi connectivity index (χ3n) is 9.57. The van der Waals surface area contributed by atoms with E-state index in [1.54, 1.807) is 0 Å². The van der Waals surface area contributed by atoms with Gasteiger partial charge in [-0.15, -0.1) is 0 Å². The highest BCUT2D eigenvalue weighted by Gasteiger charge is 2.30. The molecule has 0 saturated carbocycles. The second kappa shape index (κ2) is 12.4. The molecule has 1 aliphatic heterocycles. The number of nitrogens with zero attached hydrogens (tertiary/aromatic N) is 4. The number of hydrogen-bond donors (Lipinski definition) is 0. The molecule has 0 radical (unpaired) electrons. The number of ether oxygens (including phenoxy) is 1. The summed E-state index contributed by atoms with van der Waals surface area (Å²) in [6, 6.07) is 34.2. The van der Waals surface area contributed by atoms with E-state index in [-0.39, 0.29) is 16.2 Å². The number of hydrogen-bond acceptors (Lipinski definition) is 4. The topological polar surface area (TPSA) is 33.5 Å². The quantitative estimate of drug-likeness (QED) is 0.178. The Bertz CT molecular complexity index is 1920. The van der Waals surface area contributed by atoms with E-state index in [1.807, 2.05) is 22.9 Å². The van der Waals surface area contributed by atoms with Crippen molar-refractivity contribution in [3.05, 3.63) is 143 Å². The average Bonchev–Trinajstić information content (AvgIpc) is 3.65. The molecule has 5 nitrogen and oxygen atoms in total. The number of aromatic nitrogens is 2. The van der Waals surface area contributed by atoms with E-state index in [4.69, 9.17) is 9.84 Å². The molecular weight excluding hydrogens is 589 g/mol. The second-order valence-electron chi connectivity index (χ2n) is 15.7. The van der Waals surface area contributed by atoms with E-state index in [2.05, 4.69) is 170 Å². The van der Waals surface area contributed by atoms with E-state index in [0.717, 1.165) is 40.9 Å². The molecule has 6 rings (SSSR count). The van der Waals surface area contributed by atoms with E-state index in [9.17, 15) is 0 Å². The third kappa shape index (κ3) is 6.64. The van der Waals surface area contributed by atoms with Gasteiger partial charge in [0.1, 0.15) is 11.5 Å². The highest BCUT2D eigenvalue weighted by Crippen LogP contribution is 2.38. The summed E-state index contributed by atoms with van der Waals surface area (Å²) in [5.41, 5.74) is 10.6. The van der Waals surface area contributed by atoms with Crippen molar-refractivity contribution in [2.24, 2.45) is 0 Å². The van der Waals surface area contributed by atoms with Crippen LogP contribution >= 0.6 is 0 Å². The molecule has 1 aliphatic rings. The summed E-state index contributed by atoms with van der Waals surface area (Å²) in [4.78, 5) is 4.58. The van der Waals surface area contributed by atoms with E-state index >= 15 is 0 Å². The predicted octanol–water partition coefficient (Wildman–Crippen LogP) is 11.0. The van der Waals surface area contributed by atoms with Crippen LogP contribution in [0.4, 0.5) is 11.4 Å². The molecule has 0 spiro atoms. The number of aryl methyl sites for hydroxylation is 1. The normalized spacial score (nSPS) is 13.8. The third-order valence-corrected chi connectivity index (χ3v) is 9.57. The summed E-state index contributed by atoms with van der Waals surface area (Å²) in [5, 5.41) is 5.00. The Labute approximate surface area is 287 Å². The molecule has 0 unspecified atom stereocenters. The molecule has 4 aromatic carbocycles. The highest BCUT2D eigenvalue weighted by molar-refractivity contribution is 5.63. The van der Waals surface area contributed by atoms with Crippen molar-refractivity contribution in [3.8, 4) is 17.2 Å². The molecule has 0 fully saturated rings. The molecule has 1 aromatic heterocycles. The first kappa shape index (κ1) is 33.1. The summed E-state index contributed by atoms with van der Waals surface area (Å²) in [6.45, 7) is 23.3. The molecule has 0 N–H and O–H groups in total. The van der Waals surface area contributed by atoms with Gasteiger partial charge in [-0.3, -0.25) is 0 Å². The lowest BCUT2D eigenvalue weighted by Gasteiger charge is -2.29. The van der Waals surface area contributed by atoms with Gasteiger partial charge < -0.3 is 14.5 Å². The van der Waals surface area contributed by atoms with E-state index in [0.29, 0.717) is 0 Å². The van der Waals surface area contributed by atoms with Crippen LogP contribution in [0.1, 0.15) is 89.0 Å². The van der Waals surface area contributed by atoms with Crippen LogP contribution in [0.5, 0.6) is 11.5 Å². The smallest absolute Gasteiger partial charge is 0.129 e. The summed E-state index contributed by atoms with van der Waals surface area (Å²) in [7, 11) is 0. The van der Waals surface area contributed by atoms with Crippen LogP contribution in [0.2, 0.25) is 0 Å². The lowest BCUT2D eigenvalue weighted by atomic mass is 9.77. The first-order valence-corrected chi connectivity index (χ1v) is 17.0. The van der Waals surface area contributed by atoms with Crippen molar-refractivity contribution >= 4 is 11.4 Å². The molecule has 248 valence electrons. The zero-order valence-electron chi connectivity index (χ0n) is 30.3. The van der Waals surface area contributed by atoms with Crippen LogP contribution in [0.3, 0.4) is 0 Å². The fraction of sp³-hybridized carbons (Fsp3) is 0.326. The predicted molar refractivity (Wildman–Crippen MR) is 201 cm³/mol. The lowest BCUT2D eigenvalue weighted by molar-refractivity contribution is 0.482. The van der Waals surface area contributed by atoms with Crippen molar-refractivity contribution in [2.45, 2.75) is 85.5 Å². The molecule has 0 amide bonds. The van der Waals surface area contributed by atoms with Crippen molar-refractivity contribution in [1.82, 2.24) is 9.78 Å². The van der Waals surface area contributed by atoms with Crippen molar-refractivity contribution in [1.29, 1.82) is 0 Å². The largest absolute Gasteiger partial charge is 0.457 e. The SMILES string of the molecule is Cc1nn(-c2cccc(Oc3cccc(N4C=CN(c5cc(C(C)(C)C)cc(C(C)(C)C)c5)C4)c3)c2)c(C)c1C(C)(C)c1ccccc1. The maximum Gasteiger partial charge on any atom is 0.129 e. The molecule has 0 bridgehead atoms. The monoisotopic (exact) mass is 638 g/mol. The molecule has 0 saturated heterocycles. The van der Waals surface area contributed by atoms with Gasteiger partial charge in [0, 0.05) is 52.6 Å². The van der Waals surface area contributed by atoms with Crippen LogP contribution < -0.4 is 14.5 Å². The highest BCUT2D eigenvalue weighted by atomic mass is 16.5. The van der Waals surface area contributed by atoms with Gasteiger partial charge in [0.15, 0.2) is 0 Å².